The van der Waals surface area contributed by atoms with Crippen molar-refractivity contribution in [1.29, 1.82) is 5.41 Å². The number of hydrogen-bond acceptors (Lipinski definition) is 1. The minimum Gasteiger partial charge on any atom is -0.370 e. The zero-order chi connectivity index (χ0) is 7.40. The second-order valence-electron chi connectivity index (χ2n) is 2.40. The van der Waals surface area contributed by atoms with Gasteiger partial charge in [-0.25, -0.2) is 0 Å². The molecule has 1 aliphatic rings. The van der Waals surface area contributed by atoms with Crippen LogP contribution in [-0.4, -0.2) is 5.96 Å². The van der Waals surface area contributed by atoms with Gasteiger partial charge in [0.25, 0.3) is 0 Å². The van der Waals surface area contributed by atoms with Crippen LogP contribution in [0.3, 0.4) is 0 Å². The van der Waals surface area contributed by atoms with Crippen molar-refractivity contribution in [1.82, 2.24) is 5.32 Å². The van der Waals surface area contributed by atoms with Crippen LogP contribution in [0.25, 0.3) is 0 Å². The summed E-state index contributed by atoms with van der Waals surface area (Å²) in [6.45, 7) is 0. The molecule has 0 heterocycles. The highest BCUT2D eigenvalue weighted by atomic mass is 15.0. The van der Waals surface area contributed by atoms with Crippen molar-refractivity contribution in [3.8, 4) is 0 Å². The first-order chi connectivity index (χ1) is 4.79. The molecule has 0 bridgehead atoms. The van der Waals surface area contributed by atoms with Crippen LogP contribution in [0.2, 0.25) is 0 Å². The maximum absolute atomic E-state index is 6.94. The van der Waals surface area contributed by atoms with E-state index in [1.54, 1.807) is 0 Å². The summed E-state index contributed by atoms with van der Waals surface area (Å²) in [4.78, 5) is 0. The molecule has 1 rings (SSSR count). The van der Waals surface area contributed by atoms with E-state index in [0.29, 0.717) is 0 Å². The fourth-order valence-electron chi connectivity index (χ4n) is 1.02. The maximum atomic E-state index is 6.94. The summed E-state index contributed by atoms with van der Waals surface area (Å²) >= 11 is 0. The molecule has 1 aliphatic carbocycles. The van der Waals surface area contributed by atoms with E-state index in [0.717, 1.165) is 18.5 Å². The van der Waals surface area contributed by atoms with Crippen molar-refractivity contribution >= 4 is 5.96 Å². The highest BCUT2D eigenvalue weighted by Gasteiger charge is 2.02. The van der Waals surface area contributed by atoms with Gasteiger partial charge in [-0.05, 0) is 31.8 Å². The molecule has 0 aromatic heterocycles. The Labute approximate surface area is 60.8 Å². The summed E-state index contributed by atoms with van der Waals surface area (Å²) in [6, 6.07) is 0. The normalized spacial score (nSPS) is 17.8. The van der Waals surface area contributed by atoms with Gasteiger partial charge in [-0.2, -0.15) is 0 Å². The first-order valence-electron chi connectivity index (χ1n) is 3.50. The van der Waals surface area contributed by atoms with Gasteiger partial charge in [0.05, 0.1) is 0 Å². The number of rotatable bonds is 1. The van der Waals surface area contributed by atoms with Gasteiger partial charge in [-0.1, -0.05) is 0 Å². The van der Waals surface area contributed by atoms with Crippen molar-refractivity contribution in [3.63, 3.8) is 0 Å². The molecule has 0 unspecified atom stereocenters. The molecule has 0 atom stereocenters. The number of allylic oxidation sites excluding steroid dienone is 2. The summed E-state index contributed by atoms with van der Waals surface area (Å²) in [6.07, 6.45) is 7.51. The second kappa shape index (κ2) is 3.25. The lowest BCUT2D eigenvalue weighted by molar-refractivity contribution is 0.667. The van der Waals surface area contributed by atoms with E-state index in [1.807, 2.05) is 0 Å². The molecule has 3 nitrogen and oxygen atoms in total. The van der Waals surface area contributed by atoms with Crippen LogP contribution in [0.15, 0.2) is 5.70 Å². The Morgan fingerprint density at radius 2 is 2.40 bits per heavy atom. The fraction of sp³-hybridized carbons (Fsp3) is 0.571. The highest BCUT2D eigenvalue weighted by molar-refractivity contribution is 5.76. The molecule has 4 N–H and O–H groups in total. The molecule has 1 radical (unpaired) electrons. The van der Waals surface area contributed by atoms with Crippen molar-refractivity contribution in [3.05, 3.63) is 11.8 Å². The van der Waals surface area contributed by atoms with Crippen molar-refractivity contribution in [2.24, 2.45) is 5.73 Å². The average molecular weight is 138 g/mol. The van der Waals surface area contributed by atoms with Gasteiger partial charge in [0.2, 0.25) is 0 Å². The lowest BCUT2D eigenvalue weighted by Crippen LogP contribution is -2.30. The first-order valence-corrected chi connectivity index (χ1v) is 3.50. The van der Waals surface area contributed by atoms with Crippen molar-refractivity contribution < 1.29 is 0 Å². The minimum atomic E-state index is 0.0180. The molecule has 0 fully saturated rings. The molecule has 55 valence electrons. The molecule has 0 amide bonds. The summed E-state index contributed by atoms with van der Waals surface area (Å²) in [5.74, 6) is 0.0180. The Morgan fingerprint density at radius 1 is 1.60 bits per heavy atom. The molecule has 0 saturated heterocycles. The standard InChI is InChI=1S/C7H12N3/c8-7(9)10-6-4-2-1-3-5-6/h1-4H2,(H4,8,9,10). The molecule has 0 spiro atoms. The summed E-state index contributed by atoms with van der Waals surface area (Å²) < 4.78 is 0. The van der Waals surface area contributed by atoms with Gasteiger partial charge < -0.3 is 11.1 Å². The predicted octanol–water partition coefficient (Wildman–Crippen LogP) is 0.731. The Balaban J connectivity index is 2.38. The highest BCUT2D eigenvalue weighted by Crippen LogP contribution is 2.13. The minimum absolute atomic E-state index is 0.0180. The molecule has 10 heavy (non-hydrogen) atoms. The number of guanidine groups is 1. The largest absolute Gasteiger partial charge is 0.370 e. The zero-order valence-electron chi connectivity index (χ0n) is 5.91. The van der Waals surface area contributed by atoms with E-state index < -0.39 is 0 Å². The zero-order valence-corrected chi connectivity index (χ0v) is 5.91. The molecule has 0 aromatic rings. The van der Waals surface area contributed by atoms with Crippen LogP contribution in [0.1, 0.15) is 25.7 Å². The van der Waals surface area contributed by atoms with E-state index in [9.17, 15) is 0 Å². The third-order valence-corrected chi connectivity index (χ3v) is 1.48. The van der Waals surface area contributed by atoms with Crippen LogP contribution in [0, 0.1) is 11.5 Å². The summed E-state index contributed by atoms with van der Waals surface area (Å²) in [5, 5.41) is 9.68. The van der Waals surface area contributed by atoms with Crippen molar-refractivity contribution in [2.75, 3.05) is 0 Å². The van der Waals surface area contributed by atoms with Crippen LogP contribution < -0.4 is 11.1 Å². The van der Waals surface area contributed by atoms with Gasteiger partial charge in [0.1, 0.15) is 0 Å². The smallest absolute Gasteiger partial charge is 0.189 e. The monoisotopic (exact) mass is 138 g/mol. The molecule has 0 aliphatic heterocycles. The fourth-order valence-corrected chi connectivity index (χ4v) is 1.02. The molecular weight excluding hydrogens is 126 g/mol. The quantitative estimate of drug-likeness (QED) is 0.369. The van der Waals surface area contributed by atoms with Gasteiger partial charge in [0.15, 0.2) is 5.96 Å². The van der Waals surface area contributed by atoms with Crippen LogP contribution in [-0.2, 0) is 0 Å². The lowest BCUT2D eigenvalue weighted by atomic mass is 10.1. The molecule has 3 heteroatoms. The summed E-state index contributed by atoms with van der Waals surface area (Å²) in [7, 11) is 0. The van der Waals surface area contributed by atoms with Gasteiger partial charge >= 0.3 is 0 Å². The third kappa shape index (κ3) is 2.09. The topological polar surface area (TPSA) is 61.9 Å². The second-order valence-corrected chi connectivity index (χ2v) is 2.40. The molecule has 0 saturated carbocycles. The van der Waals surface area contributed by atoms with E-state index in [1.165, 1.54) is 12.8 Å². The number of nitrogens with two attached hydrogens (primary N) is 1. The molecular formula is C7H12N3. The van der Waals surface area contributed by atoms with Gasteiger partial charge in [-0.3, -0.25) is 5.41 Å². The Kier molecular flexibility index (Phi) is 2.31. The van der Waals surface area contributed by atoms with Crippen LogP contribution in [0.4, 0.5) is 0 Å². The summed E-state index contributed by atoms with van der Waals surface area (Å²) in [5.41, 5.74) is 6.12. The Hall–Kier alpha value is -0.990. The number of nitrogens with one attached hydrogen (secondary N) is 2. The van der Waals surface area contributed by atoms with Crippen LogP contribution >= 0.6 is 0 Å². The Bertz CT molecular complexity index is 160. The third-order valence-electron chi connectivity index (χ3n) is 1.48. The first kappa shape index (κ1) is 7.12. The van der Waals surface area contributed by atoms with E-state index in [2.05, 4.69) is 11.4 Å². The van der Waals surface area contributed by atoms with Gasteiger partial charge in [-0.15, -0.1) is 0 Å². The van der Waals surface area contributed by atoms with Crippen LogP contribution in [0.5, 0.6) is 0 Å². The average Bonchev–Trinajstić information content (AvgIpc) is 1.88. The Morgan fingerprint density at radius 3 is 2.90 bits per heavy atom. The van der Waals surface area contributed by atoms with E-state index in [4.69, 9.17) is 11.1 Å². The van der Waals surface area contributed by atoms with Gasteiger partial charge in [0, 0.05) is 5.70 Å². The maximum Gasteiger partial charge on any atom is 0.189 e. The van der Waals surface area contributed by atoms with E-state index >= 15 is 0 Å². The van der Waals surface area contributed by atoms with Crippen molar-refractivity contribution in [2.45, 2.75) is 25.7 Å². The predicted molar refractivity (Wildman–Crippen MR) is 40.3 cm³/mol. The SMILES string of the molecule is N=C(N)NC1=[C]CCCC1. The lowest BCUT2D eigenvalue weighted by Gasteiger charge is -2.12. The number of hydrogen-bond donors (Lipinski definition) is 3. The molecule has 0 aromatic carbocycles. The van der Waals surface area contributed by atoms with E-state index in [-0.39, 0.29) is 5.96 Å².